The highest BCUT2D eigenvalue weighted by atomic mass is 16.3. The maximum Gasteiger partial charge on any atom is 0.147 e. The molecule has 0 fully saturated rings. The molecule has 0 saturated carbocycles. The average molecular weight is 226 g/mol. The number of nitrogen functional groups attached to an aromatic ring is 1. The molecule has 0 aliphatic carbocycles. The Labute approximate surface area is 96.6 Å². The van der Waals surface area contributed by atoms with Crippen molar-refractivity contribution in [3.63, 3.8) is 0 Å². The third kappa shape index (κ3) is 3.13. The summed E-state index contributed by atoms with van der Waals surface area (Å²) in [6, 6.07) is 0. The molecular weight excluding hydrogens is 204 g/mol. The van der Waals surface area contributed by atoms with Gasteiger partial charge in [-0.25, -0.2) is 0 Å². The summed E-state index contributed by atoms with van der Waals surface area (Å²) < 4.78 is 1.77. The Hall–Kier alpha value is -1.23. The van der Waals surface area contributed by atoms with Gasteiger partial charge in [0, 0.05) is 13.6 Å². The van der Waals surface area contributed by atoms with Gasteiger partial charge in [-0.3, -0.25) is 4.68 Å². The second kappa shape index (κ2) is 5.75. The first-order valence-electron chi connectivity index (χ1n) is 5.79. The van der Waals surface area contributed by atoms with Crippen molar-refractivity contribution in [3.05, 3.63) is 5.69 Å². The normalized spacial score (nSPS) is 12.8. The first-order valence-corrected chi connectivity index (χ1v) is 5.79. The molecule has 0 bridgehead atoms. The minimum absolute atomic E-state index is 0.294. The molecular formula is C11H22N4O. The lowest BCUT2D eigenvalue weighted by atomic mass is 10.2. The third-order valence-corrected chi connectivity index (χ3v) is 2.50. The van der Waals surface area contributed by atoms with Crippen LogP contribution in [0.5, 0.6) is 0 Å². The molecule has 0 saturated heterocycles. The Bertz CT molecular complexity index is 333. The lowest BCUT2D eigenvalue weighted by Crippen LogP contribution is -2.12. The van der Waals surface area contributed by atoms with Gasteiger partial charge in [-0.2, -0.15) is 5.10 Å². The van der Waals surface area contributed by atoms with Gasteiger partial charge >= 0.3 is 0 Å². The van der Waals surface area contributed by atoms with E-state index in [0.29, 0.717) is 13.0 Å². The quantitative estimate of drug-likeness (QED) is 0.680. The summed E-state index contributed by atoms with van der Waals surface area (Å²) in [5.74, 6) is 0.851. The van der Waals surface area contributed by atoms with Crippen LogP contribution < -0.4 is 11.1 Å². The van der Waals surface area contributed by atoms with E-state index in [4.69, 9.17) is 10.8 Å². The van der Waals surface area contributed by atoms with Gasteiger partial charge in [-0.15, -0.1) is 0 Å². The van der Waals surface area contributed by atoms with Crippen molar-refractivity contribution < 1.29 is 5.11 Å². The summed E-state index contributed by atoms with van der Waals surface area (Å²) in [6.45, 7) is 4.58. The standard InChI is InChI=1S/C11H22N4O/c1-4-5-9-10(12)11(15(3)14-9)13-7-6-8(2)16/h8,13,16H,4-7,12H2,1-3H3. The highest BCUT2D eigenvalue weighted by Crippen LogP contribution is 2.22. The number of aliphatic hydroxyl groups excluding tert-OH is 1. The van der Waals surface area contributed by atoms with Crippen LogP contribution in [0.2, 0.25) is 0 Å². The van der Waals surface area contributed by atoms with E-state index in [9.17, 15) is 0 Å². The summed E-state index contributed by atoms with van der Waals surface area (Å²) in [4.78, 5) is 0. The van der Waals surface area contributed by atoms with Crippen molar-refractivity contribution >= 4 is 11.5 Å². The average Bonchev–Trinajstić information content (AvgIpc) is 2.45. The number of nitrogens with two attached hydrogens (primary N) is 1. The van der Waals surface area contributed by atoms with Crippen molar-refractivity contribution in [2.75, 3.05) is 17.6 Å². The summed E-state index contributed by atoms with van der Waals surface area (Å²) in [7, 11) is 1.88. The molecule has 0 aromatic carbocycles. The fourth-order valence-electron chi connectivity index (χ4n) is 1.63. The van der Waals surface area contributed by atoms with Crippen LogP contribution in [-0.4, -0.2) is 27.5 Å². The highest BCUT2D eigenvalue weighted by Gasteiger charge is 2.11. The molecule has 16 heavy (non-hydrogen) atoms. The third-order valence-electron chi connectivity index (χ3n) is 2.50. The SMILES string of the molecule is CCCc1nn(C)c(NCCC(C)O)c1N. The van der Waals surface area contributed by atoms with Crippen LogP contribution in [0, 0.1) is 0 Å². The van der Waals surface area contributed by atoms with Crippen LogP contribution in [0.1, 0.15) is 32.4 Å². The summed E-state index contributed by atoms with van der Waals surface area (Å²) in [5.41, 5.74) is 7.68. The Morgan fingerprint density at radius 2 is 2.25 bits per heavy atom. The van der Waals surface area contributed by atoms with E-state index in [-0.39, 0.29) is 6.10 Å². The van der Waals surface area contributed by atoms with Gasteiger partial charge in [0.2, 0.25) is 0 Å². The summed E-state index contributed by atoms with van der Waals surface area (Å²) >= 11 is 0. The smallest absolute Gasteiger partial charge is 0.147 e. The van der Waals surface area contributed by atoms with Gasteiger partial charge in [-0.05, 0) is 19.8 Å². The minimum Gasteiger partial charge on any atom is -0.394 e. The van der Waals surface area contributed by atoms with Gasteiger partial charge in [0.1, 0.15) is 5.82 Å². The van der Waals surface area contributed by atoms with Gasteiger partial charge in [0.15, 0.2) is 0 Å². The lowest BCUT2D eigenvalue weighted by molar-refractivity contribution is 0.188. The monoisotopic (exact) mass is 226 g/mol. The topological polar surface area (TPSA) is 76.1 Å². The molecule has 4 N–H and O–H groups in total. The number of aryl methyl sites for hydroxylation is 2. The van der Waals surface area contributed by atoms with Crippen LogP contribution in [0.15, 0.2) is 0 Å². The number of nitrogens with one attached hydrogen (secondary N) is 1. The number of aliphatic hydroxyl groups is 1. The minimum atomic E-state index is -0.294. The van der Waals surface area contributed by atoms with Gasteiger partial charge in [0.05, 0.1) is 17.5 Å². The van der Waals surface area contributed by atoms with Gasteiger partial charge in [-0.1, -0.05) is 13.3 Å². The van der Waals surface area contributed by atoms with Crippen molar-refractivity contribution in [1.29, 1.82) is 0 Å². The maximum atomic E-state index is 9.16. The number of nitrogens with zero attached hydrogens (tertiary/aromatic N) is 2. The van der Waals surface area contributed by atoms with Crippen LogP contribution in [0.4, 0.5) is 11.5 Å². The molecule has 1 aromatic heterocycles. The summed E-state index contributed by atoms with van der Waals surface area (Å²) in [6.07, 6.45) is 2.34. The number of hydrogen-bond acceptors (Lipinski definition) is 4. The zero-order valence-electron chi connectivity index (χ0n) is 10.3. The predicted molar refractivity (Wildman–Crippen MR) is 66.4 cm³/mol. The maximum absolute atomic E-state index is 9.16. The number of rotatable bonds is 6. The number of hydrogen-bond donors (Lipinski definition) is 3. The van der Waals surface area contributed by atoms with Crippen LogP contribution >= 0.6 is 0 Å². The Kier molecular flexibility index (Phi) is 4.61. The summed E-state index contributed by atoms with van der Waals surface area (Å²) in [5, 5.41) is 16.7. The molecule has 0 aliphatic heterocycles. The van der Waals surface area contributed by atoms with Crippen molar-refractivity contribution in [2.45, 2.75) is 39.2 Å². The molecule has 5 nitrogen and oxygen atoms in total. The predicted octanol–water partition coefficient (Wildman–Crippen LogP) is 1.14. The molecule has 1 aromatic rings. The molecule has 0 aliphatic rings. The van der Waals surface area contributed by atoms with Crippen LogP contribution in [-0.2, 0) is 13.5 Å². The number of aromatic nitrogens is 2. The van der Waals surface area contributed by atoms with E-state index in [0.717, 1.165) is 30.0 Å². The fourth-order valence-corrected chi connectivity index (χ4v) is 1.63. The first-order chi connectivity index (χ1) is 7.56. The molecule has 0 radical (unpaired) electrons. The van der Waals surface area contributed by atoms with Crippen molar-refractivity contribution in [1.82, 2.24) is 9.78 Å². The molecule has 0 spiro atoms. The molecule has 92 valence electrons. The highest BCUT2D eigenvalue weighted by molar-refractivity contribution is 5.64. The van der Waals surface area contributed by atoms with E-state index in [2.05, 4.69) is 17.3 Å². The van der Waals surface area contributed by atoms with E-state index < -0.39 is 0 Å². The molecule has 1 rings (SSSR count). The van der Waals surface area contributed by atoms with E-state index in [1.54, 1.807) is 11.6 Å². The van der Waals surface area contributed by atoms with Gasteiger partial charge < -0.3 is 16.2 Å². The van der Waals surface area contributed by atoms with E-state index >= 15 is 0 Å². The largest absolute Gasteiger partial charge is 0.394 e. The van der Waals surface area contributed by atoms with Gasteiger partial charge in [0.25, 0.3) is 0 Å². The number of anilines is 2. The fraction of sp³-hybridized carbons (Fsp3) is 0.727. The van der Waals surface area contributed by atoms with Crippen LogP contribution in [0.25, 0.3) is 0 Å². The molecule has 1 atom stereocenters. The molecule has 1 heterocycles. The Balaban J connectivity index is 2.64. The molecule has 5 heteroatoms. The Morgan fingerprint density at radius 1 is 1.56 bits per heavy atom. The zero-order valence-corrected chi connectivity index (χ0v) is 10.3. The second-order valence-corrected chi connectivity index (χ2v) is 4.15. The second-order valence-electron chi connectivity index (χ2n) is 4.15. The molecule has 0 amide bonds. The first kappa shape index (κ1) is 12.8. The Morgan fingerprint density at radius 3 is 2.81 bits per heavy atom. The van der Waals surface area contributed by atoms with Crippen LogP contribution in [0.3, 0.4) is 0 Å². The van der Waals surface area contributed by atoms with Crippen molar-refractivity contribution in [2.24, 2.45) is 7.05 Å². The van der Waals surface area contributed by atoms with Crippen molar-refractivity contribution in [3.8, 4) is 0 Å². The lowest BCUT2D eigenvalue weighted by Gasteiger charge is -2.08. The zero-order chi connectivity index (χ0) is 12.1. The van der Waals surface area contributed by atoms with E-state index in [1.807, 2.05) is 7.05 Å². The molecule has 1 unspecified atom stereocenters. The van der Waals surface area contributed by atoms with E-state index in [1.165, 1.54) is 0 Å².